The molecular formula is C9H15NO3S. The van der Waals surface area contributed by atoms with Gasteiger partial charge in [0.05, 0.1) is 17.0 Å². The van der Waals surface area contributed by atoms with Crippen LogP contribution in [0.15, 0.2) is 12.2 Å². The Hall–Kier alpha value is -0.840. The monoisotopic (exact) mass is 217 g/mol. The van der Waals surface area contributed by atoms with Crippen LogP contribution in [0.5, 0.6) is 0 Å². The van der Waals surface area contributed by atoms with E-state index in [1.54, 1.807) is 19.9 Å². The van der Waals surface area contributed by atoms with E-state index < -0.39 is 15.4 Å². The normalized spacial score (nSPS) is 30.7. The van der Waals surface area contributed by atoms with E-state index >= 15 is 0 Å². The summed E-state index contributed by atoms with van der Waals surface area (Å²) in [5.41, 5.74) is -0.588. The number of allylic oxidation sites excluding steroid dienone is 1. The predicted octanol–water partition coefficient (Wildman–Crippen LogP) is 0.256. The van der Waals surface area contributed by atoms with Crippen LogP contribution in [0.25, 0.3) is 0 Å². The van der Waals surface area contributed by atoms with E-state index in [0.29, 0.717) is 6.42 Å². The summed E-state index contributed by atoms with van der Waals surface area (Å²) in [6.45, 7) is 3.51. The molecule has 4 nitrogen and oxygen atoms in total. The van der Waals surface area contributed by atoms with Crippen molar-refractivity contribution in [1.82, 2.24) is 5.32 Å². The van der Waals surface area contributed by atoms with Crippen LogP contribution in [0.1, 0.15) is 20.3 Å². The van der Waals surface area contributed by atoms with E-state index in [9.17, 15) is 13.2 Å². The Labute approximate surface area is 84.3 Å². The standard InChI is InChI=1S/C9H15NO3S/c1-3-4-8(11)10-9(2)5-6-14(12,13)7-9/h3-4H,5-7H2,1-2H3,(H,10,11). The summed E-state index contributed by atoms with van der Waals surface area (Å²) in [6.07, 6.45) is 3.52. The third kappa shape index (κ3) is 2.83. The number of carbonyl (C=O) groups excluding carboxylic acids is 1. The van der Waals surface area contributed by atoms with Gasteiger partial charge in [-0.2, -0.15) is 0 Å². The number of nitrogens with one attached hydrogen (secondary N) is 1. The molecule has 80 valence electrons. The summed E-state index contributed by atoms with van der Waals surface area (Å²) < 4.78 is 22.4. The smallest absolute Gasteiger partial charge is 0.244 e. The van der Waals surface area contributed by atoms with Crippen molar-refractivity contribution in [3.05, 3.63) is 12.2 Å². The highest BCUT2D eigenvalue weighted by Gasteiger charge is 2.38. The summed E-state index contributed by atoms with van der Waals surface area (Å²) in [5.74, 6) is -0.0183. The van der Waals surface area contributed by atoms with E-state index in [1.165, 1.54) is 6.08 Å². The third-order valence-corrected chi connectivity index (χ3v) is 4.15. The Bertz CT molecular complexity index is 358. The lowest BCUT2D eigenvalue weighted by molar-refractivity contribution is -0.117. The summed E-state index contributed by atoms with van der Waals surface area (Å²) in [7, 11) is -2.95. The van der Waals surface area contributed by atoms with Crippen LogP contribution in [-0.2, 0) is 14.6 Å². The maximum Gasteiger partial charge on any atom is 0.244 e. The molecule has 0 radical (unpaired) electrons. The number of hydrogen-bond donors (Lipinski definition) is 1. The summed E-state index contributed by atoms with van der Waals surface area (Å²) in [4.78, 5) is 11.2. The Balaban J connectivity index is 2.66. The Morgan fingerprint density at radius 3 is 2.57 bits per heavy atom. The van der Waals surface area contributed by atoms with E-state index in [4.69, 9.17) is 0 Å². The quantitative estimate of drug-likeness (QED) is 0.675. The molecule has 1 aliphatic rings. The molecule has 1 unspecified atom stereocenters. The molecule has 1 rings (SSSR count). The van der Waals surface area contributed by atoms with Gasteiger partial charge in [-0.1, -0.05) is 6.08 Å². The number of amides is 1. The highest BCUT2D eigenvalue weighted by Crippen LogP contribution is 2.22. The average Bonchev–Trinajstić information content (AvgIpc) is 2.25. The highest BCUT2D eigenvalue weighted by molar-refractivity contribution is 7.91. The zero-order valence-electron chi connectivity index (χ0n) is 8.41. The van der Waals surface area contributed by atoms with Crippen LogP contribution in [0.2, 0.25) is 0 Å². The van der Waals surface area contributed by atoms with Gasteiger partial charge < -0.3 is 5.32 Å². The molecule has 1 atom stereocenters. The molecular weight excluding hydrogens is 202 g/mol. The number of carbonyl (C=O) groups is 1. The summed E-state index contributed by atoms with van der Waals surface area (Å²) >= 11 is 0. The number of hydrogen-bond acceptors (Lipinski definition) is 3. The molecule has 1 aliphatic heterocycles. The lowest BCUT2D eigenvalue weighted by Crippen LogP contribution is -2.46. The Morgan fingerprint density at radius 2 is 2.14 bits per heavy atom. The molecule has 0 aromatic rings. The van der Waals surface area contributed by atoms with E-state index in [-0.39, 0.29) is 17.4 Å². The molecule has 1 saturated heterocycles. The molecule has 0 aliphatic carbocycles. The zero-order chi connectivity index (χ0) is 10.8. The number of rotatable bonds is 2. The molecule has 0 aromatic carbocycles. The fourth-order valence-corrected chi connectivity index (χ4v) is 3.69. The minimum Gasteiger partial charge on any atom is -0.346 e. The van der Waals surface area contributed by atoms with Crippen LogP contribution in [0.3, 0.4) is 0 Å². The first kappa shape index (κ1) is 11.2. The van der Waals surface area contributed by atoms with Crippen molar-refractivity contribution in [3.63, 3.8) is 0 Å². The van der Waals surface area contributed by atoms with Crippen LogP contribution >= 0.6 is 0 Å². The molecule has 14 heavy (non-hydrogen) atoms. The van der Waals surface area contributed by atoms with E-state index in [1.807, 2.05) is 0 Å². The summed E-state index contributed by atoms with van der Waals surface area (Å²) in [5, 5.41) is 2.71. The maximum atomic E-state index is 11.2. The van der Waals surface area contributed by atoms with Gasteiger partial charge in [0.25, 0.3) is 0 Å². The first-order valence-corrected chi connectivity index (χ1v) is 6.34. The fraction of sp³-hybridized carbons (Fsp3) is 0.667. The molecule has 0 spiro atoms. The van der Waals surface area contributed by atoms with E-state index in [2.05, 4.69) is 5.32 Å². The molecule has 1 amide bonds. The molecule has 1 fully saturated rings. The predicted molar refractivity (Wildman–Crippen MR) is 54.6 cm³/mol. The van der Waals surface area contributed by atoms with Crippen molar-refractivity contribution < 1.29 is 13.2 Å². The molecule has 0 bridgehead atoms. The van der Waals surface area contributed by atoms with Gasteiger partial charge in [-0.3, -0.25) is 4.79 Å². The van der Waals surface area contributed by atoms with Crippen molar-refractivity contribution in [1.29, 1.82) is 0 Å². The molecule has 0 saturated carbocycles. The Morgan fingerprint density at radius 1 is 1.50 bits per heavy atom. The second kappa shape index (κ2) is 3.73. The van der Waals surface area contributed by atoms with Crippen molar-refractivity contribution >= 4 is 15.7 Å². The SMILES string of the molecule is CC=CC(=O)NC1(C)CCS(=O)(=O)C1. The minimum absolute atomic E-state index is 0.0449. The van der Waals surface area contributed by atoms with Gasteiger partial charge in [-0.15, -0.1) is 0 Å². The first-order valence-electron chi connectivity index (χ1n) is 4.52. The zero-order valence-corrected chi connectivity index (χ0v) is 9.23. The average molecular weight is 217 g/mol. The molecule has 0 aromatic heterocycles. The van der Waals surface area contributed by atoms with Crippen molar-refractivity contribution in [2.75, 3.05) is 11.5 Å². The Kier molecular flexibility index (Phi) is 2.99. The number of sulfone groups is 1. The van der Waals surface area contributed by atoms with Gasteiger partial charge in [-0.05, 0) is 26.3 Å². The third-order valence-electron chi connectivity index (χ3n) is 2.25. The van der Waals surface area contributed by atoms with Crippen molar-refractivity contribution in [2.24, 2.45) is 0 Å². The van der Waals surface area contributed by atoms with Crippen LogP contribution in [0, 0.1) is 0 Å². The van der Waals surface area contributed by atoms with Crippen molar-refractivity contribution in [3.8, 4) is 0 Å². The maximum absolute atomic E-state index is 11.2. The largest absolute Gasteiger partial charge is 0.346 e. The van der Waals surface area contributed by atoms with Gasteiger partial charge >= 0.3 is 0 Å². The van der Waals surface area contributed by atoms with Crippen LogP contribution in [-0.4, -0.2) is 31.4 Å². The van der Waals surface area contributed by atoms with Crippen LogP contribution in [0.4, 0.5) is 0 Å². The van der Waals surface area contributed by atoms with E-state index in [0.717, 1.165) is 0 Å². The molecule has 1 heterocycles. The van der Waals surface area contributed by atoms with Gasteiger partial charge in [0.2, 0.25) is 5.91 Å². The molecule has 1 N–H and O–H groups in total. The topological polar surface area (TPSA) is 63.2 Å². The highest BCUT2D eigenvalue weighted by atomic mass is 32.2. The summed E-state index contributed by atoms with van der Waals surface area (Å²) in [6, 6.07) is 0. The second-order valence-electron chi connectivity index (χ2n) is 3.89. The second-order valence-corrected chi connectivity index (χ2v) is 6.08. The van der Waals surface area contributed by atoms with Gasteiger partial charge in [0, 0.05) is 0 Å². The lowest BCUT2D eigenvalue weighted by Gasteiger charge is -2.22. The van der Waals surface area contributed by atoms with Crippen molar-refractivity contribution in [2.45, 2.75) is 25.8 Å². The first-order chi connectivity index (χ1) is 6.37. The fourth-order valence-electron chi connectivity index (χ4n) is 1.60. The molecule has 5 heteroatoms. The van der Waals surface area contributed by atoms with Gasteiger partial charge in [0.15, 0.2) is 9.84 Å². The van der Waals surface area contributed by atoms with Crippen LogP contribution < -0.4 is 5.32 Å². The van der Waals surface area contributed by atoms with Gasteiger partial charge in [-0.25, -0.2) is 8.42 Å². The lowest BCUT2D eigenvalue weighted by atomic mass is 10.0. The minimum atomic E-state index is -2.95. The van der Waals surface area contributed by atoms with Gasteiger partial charge in [0.1, 0.15) is 0 Å².